The van der Waals surface area contributed by atoms with Gasteiger partial charge in [-0.25, -0.2) is 0 Å². The van der Waals surface area contributed by atoms with Crippen LogP contribution in [0.2, 0.25) is 0 Å². The number of pyridine rings is 1. The molecule has 0 bridgehead atoms. The number of methoxy groups -OCH3 is 2. The highest BCUT2D eigenvalue weighted by Gasteiger charge is 2.18. The average Bonchev–Trinajstić information content (AvgIpc) is 2.79. The second-order valence-corrected chi connectivity index (χ2v) is 6.86. The molecule has 2 aromatic carbocycles. The first kappa shape index (κ1) is 18.8. The van der Waals surface area contributed by atoms with Crippen molar-refractivity contribution in [3.05, 3.63) is 77.6 Å². The van der Waals surface area contributed by atoms with Crippen molar-refractivity contribution >= 4 is 17.3 Å². The van der Waals surface area contributed by atoms with E-state index in [1.165, 1.54) is 11.1 Å². The molecule has 4 rings (SSSR count). The van der Waals surface area contributed by atoms with E-state index in [1.54, 1.807) is 38.6 Å². The fourth-order valence-electron chi connectivity index (χ4n) is 3.54. The number of carbonyl (C=O) groups is 1. The number of nitrogens with one attached hydrogen (secondary N) is 1. The van der Waals surface area contributed by atoms with E-state index in [1.807, 2.05) is 12.1 Å². The van der Waals surface area contributed by atoms with Gasteiger partial charge >= 0.3 is 0 Å². The van der Waals surface area contributed by atoms with E-state index < -0.39 is 0 Å². The molecule has 0 radical (unpaired) electrons. The fourth-order valence-corrected chi connectivity index (χ4v) is 3.54. The molecule has 6 nitrogen and oxygen atoms in total. The second kappa shape index (κ2) is 8.22. The molecule has 0 spiro atoms. The first-order chi connectivity index (χ1) is 14.2. The number of amides is 1. The van der Waals surface area contributed by atoms with Crippen molar-refractivity contribution in [2.24, 2.45) is 0 Å². The normalized spacial score (nSPS) is 12.8. The summed E-state index contributed by atoms with van der Waals surface area (Å²) in [5.74, 6) is 0.902. The lowest BCUT2D eigenvalue weighted by Gasteiger charge is -2.30. The number of hydrogen-bond donors (Lipinski definition) is 1. The summed E-state index contributed by atoms with van der Waals surface area (Å²) in [6.07, 6.45) is 2.67. The van der Waals surface area contributed by atoms with Crippen LogP contribution in [0.1, 0.15) is 21.6 Å². The van der Waals surface area contributed by atoms with Gasteiger partial charge in [0.1, 0.15) is 17.2 Å². The molecule has 2 heterocycles. The summed E-state index contributed by atoms with van der Waals surface area (Å²) in [7, 11) is 3.14. The van der Waals surface area contributed by atoms with E-state index >= 15 is 0 Å². The van der Waals surface area contributed by atoms with Crippen molar-refractivity contribution in [3.8, 4) is 11.5 Å². The van der Waals surface area contributed by atoms with Crippen molar-refractivity contribution in [1.29, 1.82) is 0 Å². The molecule has 29 heavy (non-hydrogen) atoms. The third-order valence-electron chi connectivity index (χ3n) is 5.13. The van der Waals surface area contributed by atoms with Gasteiger partial charge in [-0.3, -0.25) is 9.78 Å². The lowest BCUT2D eigenvalue weighted by Crippen LogP contribution is -2.30. The number of hydrogen-bond acceptors (Lipinski definition) is 5. The van der Waals surface area contributed by atoms with Crippen LogP contribution in [0, 0.1) is 0 Å². The van der Waals surface area contributed by atoms with Gasteiger partial charge in [-0.1, -0.05) is 24.3 Å². The van der Waals surface area contributed by atoms with Gasteiger partial charge in [0.25, 0.3) is 5.91 Å². The third-order valence-corrected chi connectivity index (χ3v) is 5.13. The quantitative estimate of drug-likeness (QED) is 0.717. The Hall–Kier alpha value is -3.54. The topological polar surface area (TPSA) is 63.7 Å². The van der Waals surface area contributed by atoms with Crippen LogP contribution in [0.5, 0.6) is 11.5 Å². The summed E-state index contributed by atoms with van der Waals surface area (Å²) >= 11 is 0. The van der Waals surface area contributed by atoms with Gasteiger partial charge in [0.15, 0.2) is 0 Å². The first-order valence-corrected chi connectivity index (χ1v) is 9.49. The summed E-state index contributed by atoms with van der Waals surface area (Å²) in [6.45, 7) is 1.74. The SMILES string of the molecule is COc1ccc(NC(=O)c2cc(N3CCc4ccccc4C3)ccn2)c(OC)c1. The maximum atomic E-state index is 12.8. The largest absolute Gasteiger partial charge is 0.497 e. The minimum Gasteiger partial charge on any atom is -0.497 e. The number of benzene rings is 2. The molecular weight excluding hydrogens is 366 g/mol. The lowest BCUT2D eigenvalue weighted by molar-refractivity contribution is 0.102. The van der Waals surface area contributed by atoms with Crippen LogP contribution in [0.4, 0.5) is 11.4 Å². The molecule has 0 saturated heterocycles. The molecule has 148 valence electrons. The summed E-state index contributed by atoms with van der Waals surface area (Å²) in [4.78, 5) is 19.3. The van der Waals surface area contributed by atoms with Crippen LogP contribution in [-0.2, 0) is 13.0 Å². The van der Waals surface area contributed by atoms with E-state index in [0.717, 1.165) is 25.2 Å². The van der Waals surface area contributed by atoms with Gasteiger partial charge < -0.3 is 19.7 Å². The summed E-state index contributed by atoms with van der Waals surface area (Å²) < 4.78 is 10.6. The van der Waals surface area contributed by atoms with Crippen molar-refractivity contribution in [2.75, 3.05) is 31.0 Å². The first-order valence-electron chi connectivity index (χ1n) is 9.49. The van der Waals surface area contributed by atoms with Crippen molar-refractivity contribution in [3.63, 3.8) is 0 Å². The number of anilines is 2. The van der Waals surface area contributed by atoms with Gasteiger partial charge in [0.05, 0.1) is 19.9 Å². The Morgan fingerprint density at radius 2 is 1.86 bits per heavy atom. The Morgan fingerprint density at radius 3 is 2.66 bits per heavy atom. The average molecular weight is 389 g/mol. The smallest absolute Gasteiger partial charge is 0.274 e. The maximum absolute atomic E-state index is 12.8. The minimum atomic E-state index is -0.285. The molecule has 1 aromatic heterocycles. The van der Waals surface area contributed by atoms with E-state index in [-0.39, 0.29) is 5.91 Å². The molecule has 0 atom stereocenters. The van der Waals surface area contributed by atoms with Crippen molar-refractivity contribution in [1.82, 2.24) is 4.98 Å². The number of nitrogens with zero attached hydrogens (tertiary/aromatic N) is 2. The second-order valence-electron chi connectivity index (χ2n) is 6.86. The molecular formula is C23H23N3O3. The molecule has 3 aromatic rings. The van der Waals surface area contributed by atoms with Gasteiger partial charge in [-0.15, -0.1) is 0 Å². The summed E-state index contributed by atoms with van der Waals surface area (Å²) in [5.41, 5.74) is 4.63. The highest BCUT2D eigenvalue weighted by atomic mass is 16.5. The zero-order valence-electron chi connectivity index (χ0n) is 16.5. The number of fused-ring (bicyclic) bond motifs is 1. The van der Waals surface area contributed by atoms with Gasteiger partial charge in [0.2, 0.25) is 0 Å². The Balaban J connectivity index is 1.53. The predicted octanol–water partition coefficient (Wildman–Crippen LogP) is 3.91. The number of rotatable bonds is 5. The molecule has 6 heteroatoms. The van der Waals surface area contributed by atoms with E-state index in [2.05, 4.69) is 39.5 Å². The van der Waals surface area contributed by atoms with Gasteiger partial charge in [0, 0.05) is 31.0 Å². The summed E-state index contributed by atoms with van der Waals surface area (Å²) in [5, 5.41) is 2.87. The Morgan fingerprint density at radius 1 is 1.03 bits per heavy atom. The summed E-state index contributed by atoms with van der Waals surface area (Å²) in [6, 6.07) is 17.5. The Labute approximate surface area is 170 Å². The van der Waals surface area contributed by atoms with Crippen molar-refractivity contribution < 1.29 is 14.3 Å². The molecule has 0 fully saturated rings. The van der Waals surface area contributed by atoms with E-state index in [0.29, 0.717) is 22.9 Å². The third kappa shape index (κ3) is 4.01. The zero-order chi connectivity index (χ0) is 20.2. The van der Waals surface area contributed by atoms with Crippen LogP contribution >= 0.6 is 0 Å². The van der Waals surface area contributed by atoms with Crippen molar-refractivity contribution in [2.45, 2.75) is 13.0 Å². The van der Waals surface area contributed by atoms with E-state index in [9.17, 15) is 4.79 Å². The number of ether oxygens (including phenoxy) is 2. The molecule has 1 aliphatic heterocycles. The van der Waals surface area contributed by atoms with Crippen LogP contribution < -0.4 is 19.7 Å². The molecule has 0 saturated carbocycles. The van der Waals surface area contributed by atoms with Crippen LogP contribution in [-0.4, -0.2) is 31.7 Å². The molecule has 1 aliphatic rings. The standard InChI is InChI=1S/C23H23N3O3/c1-28-19-7-8-20(22(14-19)29-2)25-23(27)21-13-18(9-11-24-21)26-12-10-16-5-3-4-6-17(16)15-26/h3-9,11,13-14H,10,12,15H2,1-2H3,(H,25,27). The monoisotopic (exact) mass is 389 g/mol. The lowest BCUT2D eigenvalue weighted by atomic mass is 9.99. The highest BCUT2D eigenvalue weighted by Crippen LogP contribution is 2.30. The molecule has 1 N–H and O–H groups in total. The Bertz CT molecular complexity index is 1040. The Kier molecular flexibility index (Phi) is 5.33. The van der Waals surface area contributed by atoms with E-state index in [4.69, 9.17) is 9.47 Å². The molecule has 0 unspecified atom stereocenters. The van der Waals surface area contributed by atoms with Gasteiger partial charge in [-0.05, 0) is 41.8 Å². The number of carbonyl (C=O) groups excluding carboxylic acids is 1. The fraction of sp³-hybridized carbons (Fsp3) is 0.217. The van der Waals surface area contributed by atoms with Crippen LogP contribution in [0.25, 0.3) is 0 Å². The van der Waals surface area contributed by atoms with Crippen LogP contribution in [0.15, 0.2) is 60.8 Å². The molecule has 0 aliphatic carbocycles. The van der Waals surface area contributed by atoms with Crippen LogP contribution in [0.3, 0.4) is 0 Å². The number of aromatic nitrogens is 1. The zero-order valence-corrected chi connectivity index (χ0v) is 16.5. The van der Waals surface area contributed by atoms with Gasteiger partial charge in [-0.2, -0.15) is 0 Å². The predicted molar refractivity (Wildman–Crippen MR) is 113 cm³/mol. The highest BCUT2D eigenvalue weighted by molar-refractivity contribution is 6.04. The molecule has 1 amide bonds. The maximum Gasteiger partial charge on any atom is 0.274 e. The minimum absolute atomic E-state index is 0.285.